The largest absolute Gasteiger partial charge is 0.383 e. The Hall–Kier alpha value is -1.32. The van der Waals surface area contributed by atoms with E-state index in [1.165, 1.54) is 12.8 Å². The average Bonchev–Trinajstić information content (AvgIpc) is 3.31. The van der Waals surface area contributed by atoms with Crippen molar-refractivity contribution in [3.8, 4) is 0 Å². The van der Waals surface area contributed by atoms with E-state index in [4.69, 9.17) is 21.3 Å². The van der Waals surface area contributed by atoms with Crippen LogP contribution >= 0.6 is 11.6 Å². The fraction of sp³-hybridized carbons (Fsp3) is 0.438. The first-order chi connectivity index (χ1) is 9.83. The summed E-state index contributed by atoms with van der Waals surface area (Å²) in [6.07, 6.45) is 2.47. The summed E-state index contributed by atoms with van der Waals surface area (Å²) >= 11 is 6.14. The molecule has 2 aromatic rings. The second-order valence-electron chi connectivity index (χ2n) is 5.21. The van der Waals surface area contributed by atoms with Crippen LogP contribution in [0.5, 0.6) is 0 Å². The zero-order chi connectivity index (χ0) is 13.9. The molecular formula is C16H19ClN2O. The number of hydrogen-bond donors (Lipinski definition) is 0. The smallest absolute Gasteiger partial charge is 0.134 e. The molecule has 1 fully saturated rings. The maximum absolute atomic E-state index is 6.14. The molecular weight excluding hydrogens is 272 g/mol. The molecule has 106 valence electrons. The van der Waals surface area contributed by atoms with Gasteiger partial charge in [-0.2, -0.15) is 0 Å². The predicted octanol–water partition coefficient (Wildman–Crippen LogP) is 3.59. The molecule has 0 spiro atoms. The Bertz CT molecular complexity index is 598. The van der Waals surface area contributed by atoms with Gasteiger partial charge in [-0.3, -0.25) is 0 Å². The predicted molar refractivity (Wildman–Crippen MR) is 83.5 cm³/mol. The molecule has 1 aliphatic carbocycles. The van der Waals surface area contributed by atoms with E-state index >= 15 is 0 Å². The molecule has 20 heavy (non-hydrogen) atoms. The number of benzene rings is 1. The molecule has 0 radical (unpaired) electrons. The summed E-state index contributed by atoms with van der Waals surface area (Å²) in [6.45, 7) is 1.59. The van der Waals surface area contributed by atoms with Gasteiger partial charge in [0, 0.05) is 30.6 Å². The maximum Gasteiger partial charge on any atom is 0.134 e. The van der Waals surface area contributed by atoms with Crippen LogP contribution in [0.15, 0.2) is 30.3 Å². The minimum absolute atomic E-state index is 0.489. The molecule has 1 aromatic heterocycles. The van der Waals surface area contributed by atoms with Gasteiger partial charge >= 0.3 is 0 Å². The fourth-order valence-corrected chi connectivity index (χ4v) is 2.73. The number of halogens is 1. The van der Waals surface area contributed by atoms with Gasteiger partial charge in [-0.1, -0.05) is 18.2 Å². The van der Waals surface area contributed by atoms with Crippen molar-refractivity contribution in [3.05, 3.63) is 35.9 Å². The quantitative estimate of drug-likeness (QED) is 0.760. The number of hydrogen-bond acceptors (Lipinski definition) is 3. The van der Waals surface area contributed by atoms with E-state index in [2.05, 4.69) is 23.1 Å². The normalized spacial score (nSPS) is 14.7. The molecule has 0 unspecified atom stereocenters. The van der Waals surface area contributed by atoms with E-state index in [9.17, 15) is 0 Å². The van der Waals surface area contributed by atoms with Gasteiger partial charge in [0.1, 0.15) is 5.82 Å². The maximum atomic E-state index is 6.14. The fourth-order valence-electron chi connectivity index (χ4n) is 2.53. The summed E-state index contributed by atoms with van der Waals surface area (Å²) in [5.41, 5.74) is 2.13. The lowest BCUT2D eigenvalue weighted by Crippen LogP contribution is -2.31. The van der Waals surface area contributed by atoms with E-state index in [-0.39, 0.29) is 0 Å². The van der Waals surface area contributed by atoms with Crippen LogP contribution in [0, 0.1) is 0 Å². The van der Waals surface area contributed by atoms with Gasteiger partial charge in [-0.05, 0) is 25.0 Å². The van der Waals surface area contributed by atoms with Gasteiger partial charge in [-0.15, -0.1) is 11.6 Å². The Balaban J connectivity index is 2.02. The van der Waals surface area contributed by atoms with Crippen molar-refractivity contribution in [3.63, 3.8) is 0 Å². The van der Waals surface area contributed by atoms with Crippen LogP contribution < -0.4 is 4.90 Å². The number of pyridine rings is 1. The lowest BCUT2D eigenvalue weighted by Gasteiger charge is -2.25. The number of nitrogens with zero attached hydrogens (tertiary/aromatic N) is 2. The molecule has 0 saturated heterocycles. The summed E-state index contributed by atoms with van der Waals surface area (Å²) in [5.74, 6) is 1.52. The number of rotatable bonds is 6. The zero-order valence-corrected chi connectivity index (χ0v) is 12.4. The summed E-state index contributed by atoms with van der Waals surface area (Å²) in [7, 11) is 1.74. The number of alkyl halides is 1. The Kier molecular flexibility index (Phi) is 4.08. The highest BCUT2D eigenvalue weighted by atomic mass is 35.5. The van der Waals surface area contributed by atoms with Crippen molar-refractivity contribution in [2.24, 2.45) is 0 Å². The number of aromatic nitrogens is 1. The van der Waals surface area contributed by atoms with Crippen molar-refractivity contribution in [1.29, 1.82) is 0 Å². The molecule has 1 heterocycles. The van der Waals surface area contributed by atoms with Crippen molar-refractivity contribution in [2.45, 2.75) is 24.8 Å². The third-order valence-corrected chi connectivity index (χ3v) is 4.01. The number of para-hydroxylation sites is 1. The van der Waals surface area contributed by atoms with Gasteiger partial charge in [0.05, 0.1) is 18.0 Å². The summed E-state index contributed by atoms with van der Waals surface area (Å²) in [4.78, 5) is 7.20. The second-order valence-corrected chi connectivity index (χ2v) is 5.48. The van der Waals surface area contributed by atoms with Crippen molar-refractivity contribution in [1.82, 2.24) is 4.98 Å². The molecule has 0 amide bonds. The van der Waals surface area contributed by atoms with Crippen LogP contribution in [0.1, 0.15) is 18.4 Å². The Labute approximate surface area is 124 Å². The number of methoxy groups -OCH3 is 1. The van der Waals surface area contributed by atoms with E-state index in [0.717, 1.165) is 28.8 Å². The first-order valence-electron chi connectivity index (χ1n) is 7.03. The molecule has 1 aliphatic rings. The highest BCUT2D eigenvalue weighted by molar-refractivity contribution is 6.17. The molecule has 0 bridgehead atoms. The molecule has 3 nitrogen and oxygen atoms in total. The Morgan fingerprint density at radius 1 is 1.35 bits per heavy atom. The van der Waals surface area contributed by atoms with E-state index in [1.54, 1.807) is 7.11 Å². The monoisotopic (exact) mass is 290 g/mol. The van der Waals surface area contributed by atoms with Gasteiger partial charge < -0.3 is 9.64 Å². The topological polar surface area (TPSA) is 25.4 Å². The molecule has 3 rings (SSSR count). The Morgan fingerprint density at radius 3 is 2.85 bits per heavy atom. The van der Waals surface area contributed by atoms with E-state index in [0.29, 0.717) is 18.5 Å². The molecule has 1 aromatic carbocycles. The third-order valence-electron chi connectivity index (χ3n) is 3.72. The highest BCUT2D eigenvalue weighted by Gasteiger charge is 2.31. The lowest BCUT2D eigenvalue weighted by molar-refractivity contribution is 0.204. The average molecular weight is 291 g/mol. The first kappa shape index (κ1) is 13.7. The summed E-state index contributed by atoms with van der Waals surface area (Å²) in [5, 5.41) is 1.15. The minimum atomic E-state index is 0.489. The van der Waals surface area contributed by atoms with Crippen LogP contribution in [0.4, 0.5) is 5.82 Å². The third kappa shape index (κ3) is 2.74. The SMILES string of the molecule is COCCN(c1nc2ccccc2cc1CCl)C1CC1. The van der Waals surface area contributed by atoms with Crippen molar-refractivity contribution < 1.29 is 4.74 Å². The number of fused-ring (bicyclic) bond motifs is 1. The summed E-state index contributed by atoms with van der Waals surface area (Å²) < 4.78 is 5.23. The Morgan fingerprint density at radius 2 is 2.15 bits per heavy atom. The van der Waals surface area contributed by atoms with Crippen LogP contribution in [-0.2, 0) is 10.6 Å². The molecule has 4 heteroatoms. The van der Waals surface area contributed by atoms with Gasteiger partial charge in [0.25, 0.3) is 0 Å². The second kappa shape index (κ2) is 5.98. The first-order valence-corrected chi connectivity index (χ1v) is 7.57. The summed E-state index contributed by atoms with van der Waals surface area (Å²) in [6, 6.07) is 11.0. The highest BCUT2D eigenvalue weighted by Crippen LogP contribution is 2.34. The number of ether oxygens (including phenoxy) is 1. The van der Waals surface area contributed by atoms with Crippen LogP contribution in [0.25, 0.3) is 10.9 Å². The van der Waals surface area contributed by atoms with Crippen LogP contribution in [-0.4, -0.2) is 31.3 Å². The van der Waals surface area contributed by atoms with Crippen molar-refractivity contribution in [2.75, 3.05) is 25.2 Å². The molecule has 0 atom stereocenters. The number of anilines is 1. The van der Waals surface area contributed by atoms with Crippen LogP contribution in [0.3, 0.4) is 0 Å². The standard InChI is InChI=1S/C16H19ClN2O/c1-20-9-8-19(14-6-7-14)16-13(11-17)10-12-4-2-3-5-15(12)18-16/h2-5,10,14H,6-9,11H2,1H3. The van der Waals surface area contributed by atoms with Gasteiger partial charge in [0.2, 0.25) is 0 Å². The van der Waals surface area contributed by atoms with E-state index in [1.807, 2.05) is 12.1 Å². The molecule has 1 saturated carbocycles. The minimum Gasteiger partial charge on any atom is -0.383 e. The molecule has 0 N–H and O–H groups in total. The van der Waals surface area contributed by atoms with E-state index < -0.39 is 0 Å². The lowest BCUT2D eigenvalue weighted by atomic mass is 10.1. The van der Waals surface area contributed by atoms with Crippen molar-refractivity contribution >= 4 is 28.3 Å². The van der Waals surface area contributed by atoms with Gasteiger partial charge in [0.15, 0.2) is 0 Å². The van der Waals surface area contributed by atoms with Gasteiger partial charge in [-0.25, -0.2) is 4.98 Å². The molecule has 0 aliphatic heterocycles. The zero-order valence-electron chi connectivity index (χ0n) is 11.7. The van der Waals surface area contributed by atoms with Crippen LogP contribution in [0.2, 0.25) is 0 Å².